The fourth-order valence-electron chi connectivity index (χ4n) is 4.68. The Morgan fingerprint density at radius 3 is 2.47 bits per heavy atom. The Hall–Kier alpha value is -3.19. The zero-order valence-corrected chi connectivity index (χ0v) is 20.2. The van der Waals surface area contributed by atoms with E-state index in [1.807, 2.05) is 43.3 Å². The highest BCUT2D eigenvalue weighted by atomic mass is 16.5. The van der Waals surface area contributed by atoms with E-state index >= 15 is 0 Å². The smallest absolute Gasteiger partial charge is 0.309 e. The van der Waals surface area contributed by atoms with Gasteiger partial charge in [0, 0.05) is 6.42 Å². The minimum absolute atomic E-state index is 0.0296. The van der Waals surface area contributed by atoms with Crippen LogP contribution in [0.2, 0.25) is 0 Å². The molecule has 0 spiro atoms. The number of ether oxygens (including phenoxy) is 2. The number of carbonyl (C=O) groups is 2. The van der Waals surface area contributed by atoms with Crippen LogP contribution in [0.1, 0.15) is 48.9 Å². The number of hydrogen-bond acceptors (Lipinski definition) is 6. The third-order valence-corrected chi connectivity index (χ3v) is 6.58. The van der Waals surface area contributed by atoms with Gasteiger partial charge in [-0.15, -0.1) is 0 Å². The second kappa shape index (κ2) is 10.8. The molecule has 1 fully saturated rings. The van der Waals surface area contributed by atoms with Gasteiger partial charge in [-0.2, -0.15) is 5.10 Å². The number of piperidine rings is 1. The second-order valence-electron chi connectivity index (χ2n) is 8.95. The van der Waals surface area contributed by atoms with Crippen molar-refractivity contribution in [3.05, 3.63) is 65.2 Å². The van der Waals surface area contributed by atoms with E-state index in [9.17, 15) is 9.59 Å². The predicted octanol–water partition coefficient (Wildman–Crippen LogP) is 3.96. The van der Waals surface area contributed by atoms with Crippen LogP contribution in [0.5, 0.6) is 5.75 Å². The van der Waals surface area contributed by atoms with E-state index in [4.69, 9.17) is 14.6 Å². The van der Waals surface area contributed by atoms with Crippen molar-refractivity contribution in [1.29, 1.82) is 0 Å². The number of hydrazone groups is 1. The Morgan fingerprint density at radius 1 is 1.09 bits per heavy atom. The lowest BCUT2D eigenvalue weighted by Gasteiger charge is -2.32. The molecule has 0 aromatic heterocycles. The molecular formula is C27H33N3O4. The van der Waals surface area contributed by atoms with Crippen LogP contribution in [-0.4, -0.2) is 60.8 Å². The van der Waals surface area contributed by atoms with Gasteiger partial charge in [-0.25, -0.2) is 5.01 Å². The summed E-state index contributed by atoms with van der Waals surface area (Å²) in [5.41, 5.74) is 4.15. The van der Waals surface area contributed by atoms with Gasteiger partial charge in [0.2, 0.25) is 0 Å². The van der Waals surface area contributed by atoms with Gasteiger partial charge in [-0.1, -0.05) is 42.0 Å². The highest BCUT2D eigenvalue weighted by Gasteiger charge is 2.35. The van der Waals surface area contributed by atoms with Gasteiger partial charge in [0.05, 0.1) is 37.9 Å². The first-order valence-electron chi connectivity index (χ1n) is 12.0. The van der Waals surface area contributed by atoms with E-state index in [0.29, 0.717) is 39.0 Å². The first-order valence-corrected chi connectivity index (χ1v) is 12.0. The molecule has 0 aliphatic carbocycles. The van der Waals surface area contributed by atoms with Crippen molar-refractivity contribution in [1.82, 2.24) is 9.91 Å². The van der Waals surface area contributed by atoms with E-state index in [-0.39, 0.29) is 30.4 Å². The first kappa shape index (κ1) is 24.0. The Bertz CT molecular complexity index is 1040. The minimum atomic E-state index is -0.161. The number of rotatable bonds is 7. The number of likely N-dealkylation sites (tertiary alicyclic amines) is 1. The van der Waals surface area contributed by atoms with Crippen LogP contribution in [0.3, 0.4) is 0 Å². The van der Waals surface area contributed by atoms with Crippen molar-refractivity contribution in [2.24, 2.45) is 11.0 Å². The van der Waals surface area contributed by atoms with E-state index in [1.54, 1.807) is 12.1 Å². The van der Waals surface area contributed by atoms with Crippen molar-refractivity contribution in [2.45, 2.75) is 39.2 Å². The molecule has 0 radical (unpaired) electrons. The molecule has 2 aromatic carbocycles. The molecule has 2 aliphatic heterocycles. The summed E-state index contributed by atoms with van der Waals surface area (Å²) in [4.78, 5) is 27.6. The second-order valence-corrected chi connectivity index (χ2v) is 8.95. The number of benzene rings is 2. The first-order chi connectivity index (χ1) is 16.5. The monoisotopic (exact) mass is 463 g/mol. The maximum absolute atomic E-state index is 13.4. The molecule has 7 nitrogen and oxygen atoms in total. The van der Waals surface area contributed by atoms with Gasteiger partial charge in [0.25, 0.3) is 5.91 Å². The van der Waals surface area contributed by atoms with Gasteiger partial charge in [-0.3, -0.25) is 14.5 Å². The molecule has 2 heterocycles. The molecule has 4 rings (SSSR count). The molecule has 2 aromatic rings. The summed E-state index contributed by atoms with van der Waals surface area (Å²) in [5.74, 6) is 0.554. The van der Waals surface area contributed by atoms with Gasteiger partial charge in [0.1, 0.15) is 5.75 Å². The molecular weight excluding hydrogens is 430 g/mol. The maximum atomic E-state index is 13.4. The van der Waals surface area contributed by atoms with Crippen LogP contribution >= 0.6 is 0 Å². The van der Waals surface area contributed by atoms with Crippen LogP contribution in [0.4, 0.5) is 0 Å². The van der Waals surface area contributed by atoms with Gasteiger partial charge < -0.3 is 9.47 Å². The fourth-order valence-corrected chi connectivity index (χ4v) is 4.68. The maximum Gasteiger partial charge on any atom is 0.309 e. The largest absolute Gasteiger partial charge is 0.497 e. The van der Waals surface area contributed by atoms with Crippen LogP contribution in [-0.2, 0) is 14.3 Å². The third-order valence-electron chi connectivity index (χ3n) is 6.58. The van der Waals surface area contributed by atoms with Gasteiger partial charge in [0.15, 0.2) is 0 Å². The summed E-state index contributed by atoms with van der Waals surface area (Å²) in [6, 6.07) is 15.9. The Morgan fingerprint density at radius 2 is 1.82 bits per heavy atom. The molecule has 1 saturated heterocycles. The van der Waals surface area contributed by atoms with Crippen molar-refractivity contribution in [3.8, 4) is 5.75 Å². The number of carbonyl (C=O) groups excluding carboxylic acids is 2. The van der Waals surface area contributed by atoms with E-state index < -0.39 is 0 Å². The minimum Gasteiger partial charge on any atom is -0.497 e. The summed E-state index contributed by atoms with van der Waals surface area (Å²) < 4.78 is 10.5. The molecule has 0 bridgehead atoms. The van der Waals surface area contributed by atoms with Crippen molar-refractivity contribution >= 4 is 17.6 Å². The Balaban J connectivity index is 1.49. The zero-order valence-electron chi connectivity index (χ0n) is 20.2. The molecule has 34 heavy (non-hydrogen) atoms. The molecule has 1 atom stereocenters. The molecule has 180 valence electrons. The van der Waals surface area contributed by atoms with Crippen LogP contribution in [0.15, 0.2) is 53.6 Å². The van der Waals surface area contributed by atoms with E-state index in [1.165, 1.54) is 0 Å². The van der Waals surface area contributed by atoms with E-state index in [2.05, 4.69) is 24.0 Å². The lowest BCUT2D eigenvalue weighted by molar-refractivity contribution is -0.149. The lowest BCUT2D eigenvalue weighted by Crippen LogP contribution is -2.43. The summed E-state index contributed by atoms with van der Waals surface area (Å²) in [6.45, 7) is 5.97. The fraction of sp³-hybridized carbons (Fsp3) is 0.444. The van der Waals surface area contributed by atoms with Gasteiger partial charge >= 0.3 is 5.97 Å². The summed E-state index contributed by atoms with van der Waals surface area (Å²) in [5, 5.41) is 6.45. The quantitative estimate of drug-likeness (QED) is 0.582. The highest BCUT2D eigenvalue weighted by Crippen LogP contribution is 2.34. The average molecular weight is 464 g/mol. The molecule has 1 amide bonds. The molecule has 0 N–H and O–H groups in total. The zero-order chi connectivity index (χ0) is 24.1. The molecule has 0 unspecified atom stereocenters. The summed E-state index contributed by atoms with van der Waals surface area (Å²) >= 11 is 0. The predicted molar refractivity (Wildman–Crippen MR) is 131 cm³/mol. The van der Waals surface area contributed by atoms with Crippen molar-refractivity contribution in [3.63, 3.8) is 0 Å². The van der Waals surface area contributed by atoms with Gasteiger partial charge in [-0.05, 0) is 63.0 Å². The van der Waals surface area contributed by atoms with Crippen molar-refractivity contribution in [2.75, 3.05) is 33.4 Å². The molecule has 0 saturated carbocycles. The standard InChI is InChI=1S/C27H33N3O4/c1-4-34-27(32)21-12-14-29(15-13-21)18-26(31)30-25(20-8-10-23(33-3)11-9-20)17-24(28-30)22-7-5-6-19(2)16-22/h5-11,16,21,25H,4,12-15,17-18H2,1-3H3/t25-/m0/s1. The number of methoxy groups -OCH3 is 1. The lowest BCUT2D eigenvalue weighted by atomic mass is 9.96. The normalized spacial score (nSPS) is 19.1. The number of hydrogen-bond donors (Lipinski definition) is 0. The number of amides is 1. The average Bonchev–Trinajstić information content (AvgIpc) is 3.30. The number of nitrogens with zero attached hydrogens (tertiary/aromatic N) is 3. The van der Waals surface area contributed by atoms with Crippen molar-refractivity contribution < 1.29 is 19.1 Å². The molecule has 7 heteroatoms. The number of aryl methyl sites for hydroxylation is 1. The van der Waals surface area contributed by atoms with Crippen LogP contribution in [0.25, 0.3) is 0 Å². The van der Waals surface area contributed by atoms with Crippen LogP contribution in [0, 0.1) is 12.8 Å². The Labute approximate surface area is 201 Å². The number of esters is 1. The summed E-state index contributed by atoms with van der Waals surface area (Å²) in [7, 11) is 1.64. The summed E-state index contributed by atoms with van der Waals surface area (Å²) in [6.07, 6.45) is 2.09. The highest BCUT2D eigenvalue weighted by molar-refractivity contribution is 6.03. The van der Waals surface area contributed by atoms with E-state index in [0.717, 1.165) is 28.2 Å². The SMILES string of the molecule is CCOC(=O)C1CCN(CC(=O)N2N=C(c3cccc(C)c3)C[C@H]2c2ccc(OC)cc2)CC1. The van der Waals surface area contributed by atoms with Crippen LogP contribution < -0.4 is 4.74 Å². The Kier molecular flexibility index (Phi) is 7.63. The topological polar surface area (TPSA) is 71.4 Å². The molecule has 2 aliphatic rings. The third kappa shape index (κ3) is 5.47.